The molecule has 0 aliphatic carbocycles. The lowest BCUT2D eigenvalue weighted by Gasteiger charge is -2.14. The van der Waals surface area contributed by atoms with Crippen LogP contribution in [0, 0.1) is 13.8 Å². The number of hydrogen-bond donors (Lipinski definition) is 1. The Labute approximate surface area is 140 Å². The van der Waals surface area contributed by atoms with E-state index >= 15 is 0 Å². The van der Waals surface area contributed by atoms with Crippen LogP contribution in [-0.4, -0.2) is 35.3 Å². The minimum absolute atomic E-state index is 0.132. The van der Waals surface area contributed by atoms with Crippen molar-refractivity contribution in [3.05, 3.63) is 52.3 Å². The number of benzene rings is 1. The van der Waals surface area contributed by atoms with Crippen molar-refractivity contribution in [3.63, 3.8) is 0 Å². The van der Waals surface area contributed by atoms with Crippen LogP contribution in [0.5, 0.6) is 5.75 Å². The van der Waals surface area contributed by atoms with E-state index in [1.165, 1.54) is 0 Å². The second-order valence-electron chi connectivity index (χ2n) is 5.36. The van der Waals surface area contributed by atoms with Crippen molar-refractivity contribution in [1.82, 2.24) is 4.57 Å². The molecule has 1 heterocycles. The monoisotopic (exact) mass is 331 g/mol. The molecule has 0 saturated carbocycles. The molecule has 0 radical (unpaired) electrons. The standard InChI is InChI=1S/C18H21NO5/c1-5-24-18(22)16-11(2)15(17(20)21)12(3)19(16)10-13-8-6-7-9-14(13)23-4/h6-9H,5,10H2,1-4H3,(H,20,21). The fourth-order valence-electron chi connectivity index (χ4n) is 2.87. The zero-order valence-corrected chi connectivity index (χ0v) is 14.3. The highest BCUT2D eigenvalue weighted by Gasteiger charge is 2.27. The van der Waals surface area contributed by atoms with Gasteiger partial charge in [0.1, 0.15) is 11.4 Å². The Balaban J connectivity index is 2.61. The summed E-state index contributed by atoms with van der Waals surface area (Å²) in [6, 6.07) is 7.42. The molecule has 0 fully saturated rings. The van der Waals surface area contributed by atoms with E-state index in [4.69, 9.17) is 9.47 Å². The molecule has 1 aromatic heterocycles. The van der Waals surface area contributed by atoms with Crippen LogP contribution in [0.1, 0.15) is 44.6 Å². The van der Waals surface area contributed by atoms with E-state index in [-0.39, 0.29) is 17.9 Å². The third-order valence-electron chi connectivity index (χ3n) is 3.97. The van der Waals surface area contributed by atoms with Crippen LogP contribution in [-0.2, 0) is 11.3 Å². The number of carboxylic acids is 1. The van der Waals surface area contributed by atoms with Crippen molar-refractivity contribution < 1.29 is 24.2 Å². The van der Waals surface area contributed by atoms with Gasteiger partial charge in [-0.3, -0.25) is 0 Å². The van der Waals surface area contributed by atoms with Crippen LogP contribution in [0.3, 0.4) is 0 Å². The van der Waals surface area contributed by atoms with Crippen molar-refractivity contribution in [2.45, 2.75) is 27.3 Å². The molecule has 0 aliphatic heterocycles. The summed E-state index contributed by atoms with van der Waals surface area (Å²) < 4.78 is 12.1. The highest BCUT2D eigenvalue weighted by molar-refractivity contribution is 5.98. The van der Waals surface area contributed by atoms with Crippen LogP contribution in [0.25, 0.3) is 0 Å². The summed E-state index contributed by atoms with van der Waals surface area (Å²) in [4.78, 5) is 23.9. The largest absolute Gasteiger partial charge is 0.496 e. The van der Waals surface area contributed by atoms with E-state index in [0.29, 0.717) is 23.6 Å². The van der Waals surface area contributed by atoms with E-state index in [1.807, 2.05) is 24.3 Å². The molecule has 6 heteroatoms. The molecule has 0 bridgehead atoms. The van der Waals surface area contributed by atoms with E-state index in [1.54, 1.807) is 32.4 Å². The fourth-order valence-corrected chi connectivity index (χ4v) is 2.87. The van der Waals surface area contributed by atoms with Gasteiger partial charge in [0.25, 0.3) is 0 Å². The van der Waals surface area contributed by atoms with Gasteiger partial charge in [-0.2, -0.15) is 0 Å². The lowest BCUT2D eigenvalue weighted by molar-refractivity contribution is 0.0513. The topological polar surface area (TPSA) is 77.8 Å². The Morgan fingerprint density at radius 3 is 2.46 bits per heavy atom. The van der Waals surface area contributed by atoms with Crippen molar-refractivity contribution >= 4 is 11.9 Å². The quantitative estimate of drug-likeness (QED) is 0.823. The van der Waals surface area contributed by atoms with E-state index in [2.05, 4.69) is 0 Å². The average molecular weight is 331 g/mol. The first-order valence-corrected chi connectivity index (χ1v) is 7.64. The minimum Gasteiger partial charge on any atom is -0.496 e. The number of ether oxygens (including phenoxy) is 2. The number of para-hydroxylation sites is 1. The van der Waals surface area contributed by atoms with Gasteiger partial charge >= 0.3 is 11.9 Å². The molecule has 0 spiro atoms. The van der Waals surface area contributed by atoms with Crippen LogP contribution in [0.15, 0.2) is 24.3 Å². The summed E-state index contributed by atoms with van der Waals surface area (Å²) in [7, 11) is 1.57. The average Bonchev–Trinajstić information content (AvgIpc) is 2.78. The second kappa shape index (κ2) is 7.21. The number of aromatic carboxylic acids is 1. The molecule has 0 unspecified atom stereocenters. The summed E-state index contributed by atoms with van der Waals surface area (Å²) >= 11 is 0. The van der Waals surface area contributed by atoms with Crippen LogP contribution >= 0.6 is 0 Å². The Morgan fingerprint density at radius 2 is 1.88 bits per heavy atom. The number of nitrogens with zero attached hydrogens (tertiary/aromatic N) is 1. The van der Waals surface area contributed by atoms with Gasteiger partial charge in [-0.1, -0.05) is 18.2 Å². The Morgan fingerprint density at radius 1 is 1.21 bits per heavy atom. The molecule has 24 heavy (non-hydrogen) atoms. The fraction of sp³-hybridized carbons (Fsp3) is 0.333. The summed E-state index contributed by atoms with van der Waals surface area (Å²) in [6.45, 7) is 5.57. The smallest absolute Gasteiger partial charge is 0.355 e. The Kier molecular flexibility index (Phi) is 5.28. The number of rotatable bonds is 6. The SMILES string of the molecule is CCOC(=O)c1c(C)c(C(=O)O)c(C)n1Cc1ccccc1OC. The maximum absolute atomic E-state index is 12.4. The van der Waals surface area contributed by atoms with Crippen LogP contribution in [0.2, 0.25) is 0 Å². The van der Waals surface area contributed by atoms with Crippen molar-refractivity contribution in [1.29, 1.82) is 0 Å². The third kappa shape index (κ3) is 3.13. The predicted octanol–water partition coefficient (Wildman–Crippen LogP) is 3.04. The zero-order chi connectivity index (χ0) is 17.9. The van der Waals surface area contributed by atoms with Crippen molar-refractivity contribution in [2.24, 2.45) is 0 Å². The van der Waals surface area contributed by atoms with Gasteiger partial charge < -0.3 is 19.1 Å². The maximum Gasteiger partial charge on any atom is 0.355 e. The van der Waals surface area contributed by atoms with Crippen molar-refractivity contribution in [3.8, 4) is 5.75 Å². The van der Waals surface area contributed by atoms with Gasteiger partial charge in [0.05, 0.1) is 25.8 Å². The number of aromatic nitrogens is 1. The zero-order valence-electron chi connectivity index (χ0n) is 14.3. The Hall–Kier alpha value is -2.76. The predicted molar refractivity (Wildman–Crippen MR) is 88.9 cm³/mol. The summed E-state index contributed by atoms with van der Waals surface area (Å²) in [6.07, 6.45) is 0. The minimum atomic E-state index is -1.06. The van der Waals surface area contributed by atoms with Gasteiger partial charge in [0.15, 0.2) is 0 Å². The highest BCUT2D eigenvalue weighted by Crippen LogP contribution is 2.27. The molecule has 0 aliphatic rings. The number of carbonyl (C=O) groups is 2. The first kappa shape index (κ1) is 17.6. The first-order valence-electron chi connectivity index (χ1n) is 7.64. The van der Waals surface area contributed by atoms with E-state index in [9.17, 15) is 14.7 Å². The molecule has 2 rings (SSSR count). The van der Waals surface area contributed by atoms with E-state index in [0.717, 1.165) is 5.56 Å². The normalized spacial score (nSPS) is 10.5. The molecule has 128 valence electrons. The van der Waals surface area contributed by atoms with E-state index < -0.39 is 11.9 Å². The molecular formula is C18H21NO5. The number of methoxy groups -OCH3 is 1. The molecule has 0 saturated heterocycles. The van der Waals surface area contributed by atoms with Crippen LogP contribution in [0.4, 0.5) is 0 Å². The molecule has 2 aromatic rings. The van der Waals surface area contributed by atoms with Gasteiger partial charge in [-0.05, 0) is 32.4 Å². The molecule has 1 aromatic carbocycles. The number of carbonyl (C=O) groups excluding carboxylic acids is 1. The summed E-state index contributed by atoms with van der Waals surface area (Å²) in [5, 5.41) is 9.47. The molecule has 0 amide bonds. The molecular weight excluding hydrogens is 310 g/mol. The first-order chi connectivity index (χ1) is 11.4. The number of esters is 1. The highest BCUT2D eigenvalue weighted by atomic mass is 16.5. The van der Waals surface area contributed by atoms with Crippen molar-refractivity contribution in [2.75, 3.05) is 13.7 Å². The lowest BCUT2D eigenvalue weighted by Crippen LogP contribution is -2.15. The van der Waals surface area contributed by atoms with Crippen LogP contribution < -0.4 is 4.74 Å². The number of hydrogen-bond acceptors (Lipinski definition) is 4. The lowest BCUT2D eigenvalue weighted by atomic mass is 10.1. The second-order valence-corrected chi connectivity index (χ2v) is 5.36. The molecule has 1 N–H and O–H groups in total. The molecule has 0 atom stereocenters. The molecule has 6 nitrogen and oxygen atoms in total. The van der Waals surface area contributed by atoms with Gasteiger partial charge in [0, 0.05) is 11.3 Å². The van der Waals surface area contributed by atoms with Gasteiger partial charge in [-0.15, -0.1) is 0 Å². The number of carboxylic acid groups (broad SMARTS) is 1. The Bertz CT molecular complexity index is 776. The van der Waals surface area contributed by atoms with Gasteiger partial charge in [0.2, 0.25) is 0 Å². The van der Waals surface area contributed by atoms with Gasteiger partial charge in [-0.25, -0.2) is 9.59 Å². The third-order valence-corrected chi connectivity index (χ3v) is 3.97. The summed E-state index contributed by atoms with van der Waals surface area (Å²) in [5.74, 6) is -0.912. The maximum atomic E-state index is 12.4. The summed E-state index contributed by atoms with van der Waals surface area (Å²) in [5.41, 5.74) is 2.16.